The first-order valence-electron chi connectivity index (χ1n) is 8.46. The Bertz CT molecular complexity index is 847. The molecular formula is C20H21N3O3. The molecule has 0 aliphatic carbocycles. The summed E-state index contributed by atoms with van der Waals surface area (Å²) in [7, 11) is 0. The summed E-state index contributed by atoms with van der Waals surface area (Å²) in [5.74, 6) is 0.945. The molecule has 0 aliphatic heterocycles. The molecule has 1 N–H and O–H groups in total. The largest absolute Gasteiger partial charge is 0.490 e. The molecule has 26 heavy (non-hydrogen) atoms. The maximum absolute atomic E-state index is 12.3. The minimum atomic E-state index is -0.232. The lowest BCUT2D eigenvalue weighted by Crippen LogP contribution is -2.21. The molecule has 0 saturated heterocycles. The number of carbonyl (C=O) groups is 1. The van der Waals surface area contributed by atoms with Crippen LogP contribution in [0.3, 0.4) is 0 Å². The number of para-hydroxylation sites is 3. The normalized spacial score (nSPS) is 10.3. The number of anilines is 1. The van der Waals surface area contributed by atoms with Crippen molar-refractivity contribution in [2.75, 3.05) is 18.5 Å². The van der Waals surface area contributed by atoms with Crippen LogP contribution in [0.1, 0.15) is 12.5 Å². The highest BCUT2D eigenvalue weighted by molar-refractivity contribution is 5.92. The van der Waals surface area contributed by atoms with Gasteiger partial charge in [-0.15, -0.1) is 0 Å². The molecule has 0 atom stereocenters. The van der Waals surface area contributed by atoms with E-state index in [-0.39, 0.29) is 12.5 Å². The van der Waals surface area contributed by atoms with E-state index in [0.29, 0.717) is 24.7 Å². The summed E-state index contributed by atoms with van der Waals surface area (Å²) in [5.41, 5.74) is 1.72. The number of benzene rings is 2. The van der Waals surface area contributed by atoms with Gasteiger partial charge in [-0.05, 0) is 36.8 Å². The molecule has 6 heteroatoms. The van der Waals surface area contributed by atoms with Crippen molar-refractivity contribution in [2.45, 2.75) is 13.5 Å². The average Bonchev–Trinajstić information content (AvgIpc) is 3.16. The number of aromatic nitrogens is 2. The van der Waals surface area contributed by atoms with Gasteiger partial charge >= 0.3 is 0 Å². The van der Waals surface area contributed by atoms with E-state index in [1.165, 1.54) is 0 Å². The van der Waals surface area contributed by atoms with Gasteiger partial charge < -0.3 is 14.8 Å². The van der Waals surface area contributed by atoms with E-state index in [9.17, 15) is 4.79 Å². The zero-order chi connectivity index (χ0) is 18.2. The zero-order valence-electron chi connectivity index (χ0n) is 14.6. The number of rotatable bonds is 8. The molecule has 1 amide bonds. The predicted molar refractivity (Wildman–Crippen MR) is 99.5 cm³/mol. The van der Waals surface area contributed by atoms with Gasteiger partial charge in [0.1, 0.15) is 0 Å². The molecule has 134 valence electrons. The summed E-state index contributed by atoms with van der Waals surface area (Å²) in [6.07, 6.45) is 3.61. The van der Waals surface area contributed by atoms with Gasteiger partial charge in [0.05, 0.1) is 13.2 Å². The van der Waals surface area contributed by atoms with Crippen LogP contribution in [0.25, 0.3) is 0 Å². The first-order chi connectivity index (χ1) is 12.8. The van der Waals surface area contributed by atoms with Crippen LogP contribution in [0.15, 0.2) is 67.0 Å². The van der Waals surface area contributed by atoms with Gasteiger partial charge in [0.25, 0.3) is 5.91 Å². The number of hydrogen-bond donors (Lipinski definition) is 1. The SMILES string of the molecule is CCOc1ccccc1OCC(=O)Nc1ccccc1Cn1cccn1. The Balaban J connectivity index is 1.62. The van der Waals surface area contributed by atoms with E-state index in [1.54, 1.807) is 16.9 Å². The van der Waals surface area contributed by atoms with E-state index >= 15 is 0 Å². The fraction of sp³-hybridized carbons (Fsp3) is 0.200. The molecule has 0 bridgehead atoms. The van der Waals surface area contributed by atoms with Gasteiger partial charge in [0.2, 0.25) is 0 Å². The number of nitrogens with zero attached hydrogens (tertiary/aromatic N) is 2. The fourth-order valence-electron chi connectivity index (χ4n) is 2.52. The molecule has 1 aromatic heterocycles. The van der Waals surface area contributed by atoms with Gasteiger partial charge in [-0.1, -0.05) is 30.3 Å². The van der Waals surface area contributed by atoms with E-state index in [2.05, 4.69) is 10.4 Å². The van der Waals surface area contributed by atoms with Gasteiger partial charge in [-0.25, -0.2) is 0 Å². The van der Waals surface area contributed by atoms with Crippen LogP contribution in [0, 0.1) is 0 Å². The second-order valence-electron chi connectivity index (χ2n) is 5.58. The van der Waals surface area contributed by atoms with E-state index in [4.69, 9.17) is 9.47 Å². The highest BCUT2D eigenvalue weighted by Gasteiger charge is 2.10. The molecule has 0 fully saturated rings. The maximum Gasteiger partial charge on any atom is 0.262 e. The van der Waals surface area contributed by atoms with Crippen LogP contribution in [-0.4, -0.2) is 28.9 Å². The van der Waals surface area contributed by atoms with E-state index in [0.717, 1.165) is 11.3 Å². The van der Waals surface area contributed by atoms with Crippen molar-refractivity contribution in [1.29, 1.82) is 0 Å². The van der Waals surface area contributed by atoms with Crippen molar-refractivity contribution in [2.24, 2.45) is 0 Å². The average molecular weight is 351 g/mol. The number of amides is 1. The van der Waals surface area contributed by atoms with Crippen molar-refractivity contribution in [3.05, 3.63) is 72.6 Å². The lowest BCUT2D eigenvalue weighted by atomic mass is 10.1. The molecule has 2 aromatic carbocycles. The molecule has 0 radical (unpaired) electrons. The monoisotopic (exact) mass is 351 g/mol. The standard InChI is InChI=1S/C20H21N3O3/c1-2-25-18-10-5-6-11-19(18)26-15-20(24)22-17-9-4-3-8-16(17)14-23-13-7-12-21-23/h3-13H,2,14-15H2,1H3,(H,22,24). The molecule has 1 heterocycles. The summed E-state index contributed by atoms with van der Waals surface area (Å²) in [6, 6.07) is 16.8. The van der Waals surface area contributed by atoms with Crippen LogP contribution in [0.2, 0.25) is 0 Å². The second kappa shape index (κ2) is 8.71. The number of carbonyl (C=O) groups excluding carboxylic acids is 1. The molecule has 0 aliphatic rings. The Morgan fingerprint density at radius 1 is 1.04 bits per heavy atom. The topological polar surface area (TPSA) is 65.4 Å². The van der Waals surface area contributed by atoms with E-state index in [1.807, 2.05) is 61.7 Å². The van der Waals surface area contributed by atoms with Crippen molar-refractivity contribution in [1.82, 2.24) is 9.78 Å². The maximum atomic E-state index is 12.3. The van der Waals surface area contributed by atoms with Crippen LogP contribution in [0.4, 0.5) is 5.69 Å². The Labute approximate surface area is 152 Å². The van der Waals surface area contributed by atoms with Crippen LogP contribution in [0.5, 0.6) is 11.5 Å². The molecule has 3 rings (SSSR count). The molecule has 6 nitrogen and oxygen atoms in total. The Morgan fingerprint density at radius 2 is 1.77 bits per heavy atom. The van der Waals surface area contributed by atoms with E-state index < -0.39 is 0 Å². The fourth-order valence-corrected chi connectivity index (χ4v) is 2.52. The van der Waals surface area contributed by atoms with Crippen molar-refractivity contribution < 1.29 is 14.3 Å². The smallest absolute Gasteiger partial charge is 0.262 e. The molecule has 3 aromatic rings. The predicted octanol–water partition coefficient (Wildman–Crippen LogP) is 3.35. The van der Waals surface area contributed by atoms with Crippen molar-refractivity contribution in [3.8, 4) is 11.5 Å². The lowest BCUT2D eigenvalue weighted by Gasteiger charge is -2.13. The quantitative estimate of drug-likeness (QED) is 0.676. The Hall–Kier alpha value is -3.28. The number of nitrogens with one attached hydrogen (secondary N) is 1. The summed E-state index contributed by atoms with van der Waals surface area (Å²) < 4.78 is 12.9. The third-order valence-electron chi connectivity index (χ3n) is 3.69. The van der Waals surface area contributed by atoms with Crippen molar-refractivity contribution in [3.63, 3.8) is 0 Å². The number of hydrogen-bond acceptors (Lipinski definition) is 4. The van der Waals surface area contributed by atoms with Gasteiger partial charge in [-0.3, -0.25) is 9.48 Å². The van der Waals surface area contributed by atoms with Gasteiger partial charge in [-0.2, -0.15) is 5.10 Å². The third kappa shape index (κ3) is 4.63. The second-order valence-corrected chi connectivity index (χ2v) is 5.58. The highest BCUT2D eigenvalue weighted by Crippen LogP contribution is 2.26. The summed E-state index contributed by atoms with van der Waals surface area (Å²) >= 11 is 0. The lowest BCUT2D eigenvalue weighted by molar-refractivity contribution is -0.118. The summed E-state index contributed by atoms with van der Waals surface area (Å²) in [4.78, 5) is 12.3. The van der Waals surface area contributed by atoms with Crippen LogP contribution in [-0.2, 0) is 11.3 Å². The molecular weight excluding hydrogens is 330 g/mol. The van der Waals surface area contributed by atoms with Gasteiger partial charge in [0.15, 0.2) is 18.1 Å². The minimum Gasteiger partial charge on any atom is -0.490 e. The summed E-state index contributed by atoms with van der Waals surface area (Å²) in [6.45, 7) is 2.92. The first kappa shape index (κ1) is 17.5. The number of ether oxygens (including phenoxy) is 2. The van der Waals surface area contributed by atoms with Crippen molar-refractivity contribution >= 4 is 11.6 Å². The Morgan fingerprint density at radius 3 is 2.50 bits per heavy atom. The van der Waals surface area contributed by atoms with Crippen LogP contribution >= 0.6 is 0 Å². The minimum absolute atomic E-state index is 0.0970. The molecule has 0 spiro atoms. The first-order valence-corrected chi connectivity index (χ1v) is 8.46. The third-order valence-corrected chi connectivity index (χ3v) is 3.69. The van der Waals surface area contributed by atoms with Crippen LogP contribution < -0.4 is 14.8 Å². The van der Waals surface area contributed by atoms with Gasteiger partial charge in [0, 0.05) is 18.1 Å². The summed E-state index contributed by atoms with van der Waals surface area (Å²) in [5, 5.41) is 7.10. The Kier molecular flexibility index (Phi) is 5.88. The zero-order valence-corrected chi connectivity index (χ0v) is 14.6. The molecule has 0 unspecified atom stereocenters. The highest BCUT2D eigenvalue weighted by atomic mass is 16.5. The molecule has 0 saturated carbocycles.